The van der Waals surface area contributed by atoms with Crippen molar-refractivity contribution in [3.63, 3.8) is 0 Å². The topological polar surface area (TPSA) is 81.5 Å². The zero-order chi connectivity index (χ0) is 24.4. The lowest BCUT2D eigenvalue weighted by Crippen LogP contribution is -2.44. The van der Waals surface area contributed by atoms with E-state index < -0.39 is 0 Å². The minimum Gasteiger partial charge on any atom is -0.497 e. The Kier molecular flexibility index (Phi) is 6.59. The number of amides is 1. The van der Waals surface area contributed by atoms with Gasteiger partial charge in [0.25, 0.3) is 5.91 Å². The van der Waals surface area contributed by atoms with E-state index in [1.807, 2.05) is 67.1 Å². The van der Waals surface area contributed by atoms with E-state index in [0.29, 0.717) is 17.9 Å². The zero-order valence-corrected chi connectivity index (χ0v) is 21.0. The van der Waals surface area contributed by atoms with Gasteiger partial charge < -0.3 is 19.7 Å². The number of benzene rings is 2. The average Bonchev–Trinajstić information content (AvgIpc) is 3.45. The summed E-state index contributed by atoms with van der Waals surface area (Å²) in [5, 5.41) is 8.89. The Bertz CT molecular complexity index is 1320. The first-order valence-corrected chi connectivity index (χ1v) is 12.7. The SMILES string of the molecule is CCOc1ccccc1C(=O)NC1CCN(c2nc3c(s2)c(C)nn3-c2ccc(OC)cc2)CC1. The number of carbonyl (C=O) groups excluding carboxylic acids is 1. The van der Waals surface area contributed by atoms with Crippen LogP contribution in [0.5, 0.6) is 11.5 Å². The molecule has 1 amide bonds. The maximum atomic E-state index is 12.9. The van der Waals surface area contributed by atoms with Gasteiger partial charge in [-0.05, 0) is 63.1 Å². The normalized spacial score (nSPS) is 14.3. The van der Waals surface area contributed by atoms with E-state index in [1.54, 1.807) is 18.4 Å². The van der Waals surface area contributed by atoms with Crippen molar-refractivity contribution < 1.29 is 14.3 Å². The molecule has 0 bridgehead atoms. The second-order valence-corrected chi connectivity index (χ2v) is 9.49. The fraction of sp³-hybridized carbons (Fsp3) is 0.346. The first-order valence-electron chi connectivity index (χ1n) is 11.9. The van der Waals surface area contributed by atoms with Crippen LogP contribution in [-0.4, -0.2) is 53.5 Å². The first-order chi connectivity index (χ1) is 17.1. The number of anilines is 1. The molecule has 0 aliphatic carbocycles. The first kappa shape index (κ1) is 23.2. The van der Waals surface area contributed by atoms with E-state index in [4.69, 9.17) is 19.6 Å². The maximum absolute atomic E-state index is 12.9. The lowest BCUT2D eigenvalue weighted by molar-refractivity contribution is 0.0927. The van der Waals surface area contributed by atoms with Crippen molar-refractivity contribution in [2.24, 2.45) is 0 Å². The summed E-state index contributed by atoms with van der Waals surface area (Å²) >= 11 is 1.68. The third kappa shape index (κ3) is 4.68. The Hall–Kier alpha value is -3.59. The van der Waals surface area contributed by atoms with E-state index in [9.17, 15) is 4.79 Å². The monoisotopic (exact) mass is 491 g/mol. The number of thiazole rings is 1. The molecule has 1 saturated heterocycles. The number of rotatable bonds is 7. The van der Waals surface area contributed by atoms with E-state index in [1.165, 1.54) is 0 Å². The molecule has 0 saturated carbocycles. The van der Waals surface area contributed by atoms with Crippen molar-refractivity contribution in [3.8, 4) is 17.2 Å². The maximum Gasteiger partial charge on any atom is 0.255 e. The van der Waals surface area contributed by atoms with Crippen LogP contribution >= 0.6 is 11.3 Å². The highest BCUT2D eigenvalue weighted by molar-refractivity contribution is 7.22. The molecule has 3 heterocycles. The van der Waals surface area contributed by atoms with Gasteiger partial charge in [-0.25, -0.2) is 4.68 Å². The summed E-state index contributed by atoms with van der Waals surface area (Å²) < 4.78 is 13.9. The van der Waals surface area contributed by atoms with Crippen molar-refractivity contribution >= 4 is 32.7 Å². The van der Waals surface area contributed by atoms with E-state index in [0.717, 1.165) is 58.5 Å². The predicted molar refractivity (Wildman–Crippen MR) is 138 cm³/mol. The minimum absolute atomic E-state index is 0.0808. The van der Waals surface area contributed by atoms with Crippen LogP contribution in [0.4, 0.5) is 5.13 Å². The number of carbonyl (C=O) groups is 1. The van der Waals surface area contributed by atoms with Crippen molar-refractivity contribution in [2.45, 2.75) is 32.7 Å². The van der Waals surface area contributed by atoms with Crippen LogP contribution in [0, 0.1) is 6.92 Å². The molecule has 0 radical (unpaired) electrons. The molecular weight excluding hydrogens is 462 g/mol. The van der Waals surface area contributed by atoms with Crippen LogP contribution in [0.3, 0.4) is 0 Å². The fourth-order valence-corrected chi connectivity index (χ4v) is 5.41. The summed E-state index contributed by atoms with van der Waals surface area (Å²) in [5.41, 5.74) is 3.38. The van der Waals surface area contributed by atoms with Crippen LogP contribution < -0.4 is 19.7 Å². The number of hydrogen-bond donors (Lipinski definition) is 1. The molecule has 1 N–H and O–H groups in total. The molecule has 8 nitrogen and oxygen atoms in total. The molecule has 2 aromatic carbocycles. The van der Waals surface area contributed by atoms with E-state index in [2.05, 4.69) is 10.2 Å². The Morgan fingerprint density at radius 3 is 2.60 bits per heavy atom. The lowest BCUT2D eigenvalue weighted by atomic mass is 10.0. The molecule has 4 aromatic rings. The highest BCUT2D eigenvalue weighted by Crippen LogP contribution is 2.34. The van der Waals surface area contributed by atoms with Gasteiger partial charge in [0.2, 0.25) is 0 Å². The Labute approximate surface area is 208 Å². The number of para-hydroxylation sites is 1. The van der Waals surface area contributed by atoms with Crippen LogP contribution in [0.15, 0.2) is 48.5 Å². The predicted octanol–water partition coefficient (Wildman–Crippen LogP) is 4.60. The summed E-state index contributed by atoms with van der Waals surface area (Å²) in [6, 6.07) is 15.3. The Morgan fingerprint density at radius 1 is 1.14 bits per heavy atom. The molecule has 0 unspecified atom stereocenters. The number of nitrogens with one attached hydrogen (secondary N) is 1. The molecule has 0 atom stereocenters. The van der Waals surface area contributed by atoms with Crippen LogP contribution in [0.2, 0.25) is 0 Å². The number of fused-ring (bicyclic) bond motifs is 1. The standard InChI is InChI=1S/C26H29N5O3S/c1-4-34-22-8-6-5-7-21(22)25(32)27-18-13-15-30(16-14-18)26-28-24-23(35-26)17(2)29-31(24)19-9-11-20(33-3)12-10-19/h5-12,18H,4,13-16H2,1-3H3,(H,27,32). The number of aromatic nitrogens is 3. The number of piperidine rings is 1. The molecule has 1 aliphatic heterocycles. The fourth-order valence-electron chi connectivity index (χ4n) is 4.38. The van der Waals surface area contributed by atoms with Gasteiger partial charge in [-0.2, -0.15) is 10.1 Å². The number of methoxy groups -OCH3 is 1. The van der Waals surface area contributed by atoms with Crippen molar-refractivity contribution in [1.29, 1.82) is 0 Å². The quantitative estimate of drug-likeness (QED) is 0.407. The van der Waals surface area contributed by atoms with Crippen LogP contribution in [0.25, 0.3) is 16.0 Å². The number of aryl methyl sites for hydroxylation is 1. The summed E-state index contributed by atoms with van der Waals surface area (Å²) in [6.07, 6.45) is 1.73. The van der Waals surface area contributed by atoms with E-state index >= 15 is 0 Å². The summed E-state index contributed by atoms with van der Waals surface area (Å²) in [4.78, 5) is 20.1. The molecule has 0 spiro atoms. The van der Waals surface area contributed by atoms with Gasteiger partial charge in [0.05, 0.1) is 35.4 Å². The highest BCUT2D eigenvalue weighted by atomic mass is 32.1. The van der Waals surface area contributed by atoms with Crippen LogP contribution in [-0.2, 0) is 0 Å². The third-order valence-electron chi connectivity index (χ3n) is 6.23. The second kappa shape index (κ2) is 9.95. The molecule has 182 valence electrons. The van der Waals surface area contributed by atoms with Crippen LogP contribution in [0.1, 0.15) is 35.8 Å². The van der Waals surface area contributed by atoms with Gasteiger partial charge in [-0.3, -0.25) is 4.79 Å². The van der Waals surface area contributed by atoms with Crippen molar-refractivity contribution in [2.75, 3.05) is 31.7 Å². The van der Waals surface area contributed by atoms with Crippen molar-refractivity contribution in [3.05, 3.63) is 59.8 Å². The molecule has 5 rings (SSSR count). The van der Waals surface area contributed by atoms with Gasteiger partial charge in [0, 0.05) is 19.1 Å². The Morgan fingerprint density at radius 2 is 1.89 bits per heavy atom. The number of nitrogens with zero attached hydrogens (tertiary/aromatic N) is 4. The summed E-state index contributed by atoms with van der Waals surface area (Å²) in [7, 11) is 1.66. The highest BCUT2D eigenvalue weighted by Gasteiger charge is 2.25. The molecule has 2 aromatic heterocycles. The third-order valence-corrected chi connectivity index (χ3v) is 7.44. The Balaban J connectivity index is 1.27. The summed E-state index contributed by atoms with van der Waals surface area (Å²) in [6.45, 7) is 6.14. The lowest BCUT2D eigenvalue weighted by Gasteiger charge is -2.32. The molecule has 1 fully saturated rings. The van der Waals surface area contributed by atoms with Gasteiger partial charge in [-0.15, -0.1) is 0 Å². The van der Waals surface area contributed by atoms with Gasteiger partial charge in [0.1, 0.15) is 11.5 Å². The van der Waals surface area contributed by atoms with E-state index in [-0.39, 0.29) is 11.9 Å². The largest absolute Gasteiger partial charge is 0.497 e. The van der Waals surface area contributed by atoms with Crippen molar-refractivity contribution in [1.82, 2.24) is 20.1 Å². The second-order valence-electron chi connectivity index (χ2n) is 8.51. The van der Waals surface area contributed by atoms with Gasteiger partial charge in [-0.1, -0.05) is 23.5 Å². The zero-order valence-electron chi connectivity index (χ0n) is 20.2. The number of ether oxygens (including phenoxy) is 2. The van der Waals surface area contributed by atoms with Gasteiger partial charge >= 0.3 is 0 Å². The molecule has 35 heavy (non-hydrogen) atoms. The molecular formula is C26H29N5O3S. The minimum atomic E-state index is -0.0808. The van der Waals surface area contributed by atoms with Gasteiger partial charge in [0.15, 0.2) is 10.8 Å². The molecule has 1 aliphatic rings. The summed E-state index contributed by atoms with van der Waals surface area (Å²) in [5.74, 6) is 1.35. The smallest absolute Gasteiger partial charge is 0.255 e. The average molecular weight is 492 g/mol. The molecule has 9 heteroatoms. The number of hydrogen-bond acceptors (Lipinski definition) is 7.